The number of anilines is 1. The van der Waals surface area contributed by atoms with Crippen molar-refractivity contribution in [1.29, 1.82) is 0 Å². The van der Waals surface area contributed by atoms with Gasteiger partial charge in [-0.05, 0) is 57.5 Å². The molecule has 1 aliphatic rings. The molecule has 0 fully saturated rings. The molecule has 1 amide bonds. The van der Waals surface area contributed by atoms with Crippen LogP contribution >= 0.6 is 11.3 Å². The summed E-state index contributed by atoms with van der Waals surface area (Å²) in [5.41, 5.74) is 4.01. The number of rotatable bonds is 4. The van der Waals surface area contributed by atoms with Gasteiger partial charge >= 0.3 is 0 Å². The fraction of sp³-hybridized carbons (Fsp3) is 0.231. The van der Waals surface area contributed by atoms with E-state index in [1.165, 1.54) is 11.3 Å². The summed E-state index contributed by atoms with van der Waals surface area (Å²) in [6, 6.07) is 10.5. The Kier molecular flexibility index (Phi) is 5.64. The van der Waals surface area contributed by atoms with Crippen LogP contribution in [0.1, 0.15) is 41.3 Å². The van der Waals surface area contributed by atoms with Gasteiger partial charge in [-0.25, -0.2) is 4.99 Å². The standard InChI is InChI=1S/C26H25N5O3S/c1-14-8-6-7-9-19(14)28-24(32)22-17(4)27-26-31(23(22)20-11-10-15(2)34-20)25(33)21(35-26)12-18-13-30(5)29-16(18)3/h6-13,23H,1-5H3,(H,28,32)/b21-12+/t23-/m0/s1. The van der Waals surface area contributed by atoms with Crippen molar-refractivity contribution in [3.63, 3.8) is 0 Å². The predicted molar refractivity (Wildman–Crippen MR) is 135 cm³/mol. The number of amides is 1. The maximum absolute atomic E-state index is 13.7. The zero-order valence-corrected chi connectivity index (χ0v) is 20.9. The molecule has 0 saturated carbocycles. The molecule has 9 heteroatoms. The number of hydrogen-bond acceptors (Lipinski definition) is 6. The van der Waals surface area contributed by atoms with Gasteiger partial charge < -0.3 is 9.73 Å². The van der Waals surface area contributed by atoms with Gasteiger partial charge in [-0.2, -0.15) is 5.10 Å². The molecule has 1 aromatic carbocycles. The van der Waals surface area contributed by atoms with E-state index in [4.69, 9.17) is 4.42 Å². The zero-order valence-electron chi connectivity index (χ0n) is 20.1. The maximum Gasteiger partial charge on any atom is 0.271 e. The second kappa shape index (κ2) is 8.66. The minimum atomic E-state index is -0.735. The quantitative estimate of drug-likeness (QED) is 0.479. The molecule has 4 heterocycles. The monoisotopic (exact) mass is 487 g/mol. The number of carbonyl (C=O) groups is 1. The average Bonchev–Trinajstić information content (AvgIpc) is 3.46. The number of benzene rings is 1. The van der Waals surface area contributed by atoms with E-state index in [2.05, 4.69) is 15.4 Å². The second-order valence-electron chi connectivity index (χ2n) is 8.64. The van der Waals surface area contributed by atoms with Crippen LogP contribution in [-0.2, 0) is 11.8 Å². The van der Waals surface area contributed by atoms with Crippen LogP contribution < -0.4 is 20.2 Å². The highest BCUT2D eigenvalue weighted by Gasteiger charge is 2.34. The van der Waals surface area contributed by atoms with Crippen LogP contribution in [0.5, 0.6) is 0 Å². The van der Waals surface area contributed by atoms with E-state index in [9.17, 15) is 9.59 Å². The Morgan fingerprint density at radius 2 is 1.91 bits per heavy atom. The number of furan rings is 1. The van der Waals surface area contributed by atoms with Crippen LogP contribution in [-0.4, -0.2) is 20.3 Å². The van der Waals surface area contributed by atoms with Crippen LogP contribution in [0.2, 0.25) is 0 Å². The van der Waals surface area contributed by atoms with Gasteiger partial charge in [0.2, 0.25) is 0 Å². The first-order chi connectivity index (χ1) is 16.7. The fourth-order valence-corrected chi connectivity index (χ4v) is 5.32. The summed E-state index contributed by atoms with van der Waals surface area (Å²) in [5.74, 6) is 0.885. The largest absolute Gasteiger partial charge is 0.464 e. The van der Waals surface area contributed by atoms with Gasteiger partial charge in [-0.1, -0.05) is 29.5 Å². The summed E-state index contributed by atoms with van der Waals surface area (Å²) < 4.78 is 9.74. The third-order valence-corrected chi connectivity index (χ3v) is 7.01. The average molecular weight is 488 g/mol. The molecule has 0 aliphatic carbocycles. The van der Waals surface area contributed by atoms with Gasteiger partial charge in [0, 0.05) is 24.5 Å². The Morgan fingerprint density at radius 3 is 2.57 bits per heavy atom. The lowest BCUT2D eigenvalue weighted by Gasteiger charge is -2.23. The third kappa shape index (κ3) is 4.08. The summed E-state index contributed by atoms with van der Waals surface area (Å²) in [6.45, 7) is 7.45. The molecule has 0 bridgehead atoms. The maximum atomic E-state index is 13.7. The van der Waals surface area contributed by atoms with Crippen molar-refractivity contribution in [3.05, 3.63) is 102 Å². The summed E-state index contributed by atoms with van der Waals surface area (Å²) >= 11 is 1.29. The molecule has 1 aliphatic heterocycles. The molecule has 0 saturated heterocycles. The summed E-state index contributed by atoms with van der Waals surface area (Å²) in [7, 11) is 1.84. The minimum absolute atomic E-state index is 0.232. The molecule has 35 heavy (non-hydrogen) atoms. The van der Waals surface area contributed by atoms with E-state index in [0.29, 0.717) is 37.8 Å². The molecular weight excluding hydrogens is 462 g/mol. The first-order valence-electron chi connectivity index (χ1n) is 11.2. The number of allylic oxidation sites excluding steroid dienone is 1. The van der Waals surface area contributed by atoms with Crippen molar-refractivity contribution in [3.8, 4) is 0 Å². The Balaban J connectivity index is 1.68. The van der Waals surface area contributed by atoms with Crippen LogP contribution in [0, 0.1) is 20.8 Å². The molecule has 178 valence electrons. The molecule has 1 atom stereocenters. The predicted octanol–water partition coefficient (Wildman–Crippen LogP) is 3.13. The van der Waals surface area contributed by atoms with Crippen molar-refractivity contribution >= 4 is 29.0 Å². The highest BCUT2D eigenvalue weighted by molar-refractivity contribution is 7.07. The number of hydrogen-bond donors (Lipinski definition) is 1. The summed E-state index contributed by atoms with van der Waals surface area (Å²) in [4.78, 5) is 32.4. The number of fused-ring (bicyclic) bond motifs is 1. The van der Waals surface area contributed by atoms with Crippen molar-refractivity contribution in [2.75, 3.05) is 5.32 Å². The van der Waals surface area contributed by atoms with E-state index in [1.807, 2.05) is 76.5 Å². The van der Waals surface area contributed by atoms with Gasteiger partial charge in [0.15, 0.2) is 4.80 Å². The number of carbonyl (C=O) groups excluding carboxylic acids is 1. The summed E-state index contributed by atoms with van der Waals surface area (Å²) in [6.07, 6.45) is 3.69. The lowest BCUT2D eigenvalue weighted by atomic mass is 10.00. The highest BCUT2D eigenvalue weighted by atomic mass is 32.1. The van der Waals surface area contributed by atoms with Gasteiger partial charge in [0.25, 0.3) is 11.5 Å². The van der Waals surface area contributed by atoms with Crippen LogP contribution in [0.4, 0.5) is 5.69 Å². The van der Waals surface area contributed by atoms with E-state index in [-0.39, 0.29) is 11.5 Å². The topological polar surface area (TPSA) is 94.4 Å². The van der Waals surface area contributed by atoms with Crippen molar-refractivity contribution in [2.24, 2.45) is 12.0 Å². The molecule has 1 N–H and O–H groups in total. The smallest absolute Gasteiger partial charge is 0.271 e. The van der Waals surface area contributed by atoms with E-state index in [1.54, 1.807) is 16.2 Å². The van der Waals surface area contributed by atoms with Gasteiger partial charge in [0.1, 0.15) is 17.6 Å². The summed E-state index contributed by atoms with van der Waals surface area (Å²) in [5, 5.41) is 7.35. The number of thiazole rings is 1. The molecule has 0 spiro atoms. The zero-order chi connectivity index (χ0) is 24.9. The third-order valence-electron chi connectivity index (χ3n) is 6.03. The van der Waals surface area contributed by atoms with Crippen molar-refractivity contribution < 1.29 is 9.21 Å². The fourth-order valence-electron chi connectivity index (χ4n) is 4.29. The number of nitrogens with one attached hydrogen (secondary N) is 1. The number of para-hydroxylation sites is 1. The van der Waals surface area contributed by atoms with Crippen LogP contribution in [0.15, 0.2) is 68.1 Å². The highest BCUT2D eigenvalue weighted by Crippen LogP contribution is 2.32. The first-order valence-corrected chi connectivity index (χ1v) is 12.0. The normalized spacial score (nSPS) is 15.8. The lowest BCUT2D eigenvalue weighted by molar-refractivity contribution is -0.113. The van der Waals surface area contributed by atoms with Gasteiger partial charge in [-0.3, -0.25) is 18.8 Å². The second-order valence-corrected chi connectivity index (χ2v) is 9.65. The molecule has 3 aromatic heterocycles. The van der Waals surface area contributed by atoms with Gasteiger partial charge in [0.05, 0.1) is 21.5 Å². The number of aryl methyl sites for hydroxylation is 4. The Bertz CT molecular complexity index is 1680. The Labute approximate surface area is 205 Å². The van der Waals surface area contributed by atoms with E-state index in [0.717, 1.165) is 16.8 Å². The number of aromatic nitrogens is 3. The molecule has 0 radical (unpaired) electrons. The van der Waals surface area contributed by atoms with Crippen molar-refractivity contribution in [2.45, 2.75) is 33.7 Å². The minimum Gasteiger partial charge on any atom is -0.464 e. The SMILES string of the molecule is CC1=C(C(=O)Nc2ccccc2C)[C@H](c2ccc(C)o2)n2c(s/c(=C/c3cn(C)nc3C)c2=O)=N1. The Hall–Kier alpha value is -3.98. The lowest BCUT2D eigenvalue weighted by Crippen LogP contribution is -2.40. The van der Waals surface area contributed by atoms with E-state index >= 15 is 0 Å². The van der Waals surface area contributed by atoms with Crippen LogP contribution in [0.25, 0.3) is 6.08 Å². The molecule has 0 unspecified atom stereocenters. The molecule has 5 rings (SSSR count). The number of nitrogens with zero attached hydrogens (tertiary/aromatic N) is 4. The molecule has 8 nitrogen and oxygen atoms in total. The molecular formula is C26H25N5O3S. The molecule has 4 aromatic rings. The van der Waals surface area contributed by atoms with Crippen molar-refractivity contribution in [1.82, 2.24) is 14.3 Å². The Morgan fingerprint density at radius 1 is 1.14 bits per heavy atom. The van der Waals surface area contributed by atoms with Crippen LogP contribution in [0.3, 0.4) is 0 Å². The van der Waals surface area contributed by atoms with Gasteiger partial charge in [-0.15, -0.1) is 0 Å². The van der Waals surface area contributed by atoms with E-state index < -0.39 is 6.04 Å². The first kappa shape index (κ1) is 22.8.